The molecule has 0 aromatic heterocycles. The lowest BCUT2D eigenvalue weighted by Crippen LogP contribution is -2.45. The summed E-state index contributed by atoms with van der Waals surface area (Å²) in [6.45, 7) is 10.8. The molecule has 0 spiro atoms. The molecule has 0 heterocycles. The summed E-state index contributed by atoms with van der Waals surface area (Å²) in [6.07, 6.45) is 8.27. The molecule has 0 aromatic carbocycles. The number of carboxylic acid groups (broad SMARTS) is 1. The van der Waals surface area contributed by atoms with Gasteiger partial charge in [0.1, 0.15) is 5.60 Å². The second-order valence-corrected chi connectivity index (χ2v) is 7.50. The van der Waals surface area contributed by atoms with E-state index >= 15 is 0 Å². The normalized spacial score (nSPS) is 12.0. The molecule has 0 fully saturated rings. The molecule has 1 N–H and O–H groups in total. The van der Waals surface area contributed by atoms with Gasteiger partial charge in [-0.3, -0.25) is 9.59 Å². The highest BCUT2D eigenvalue weighted by Crippen LogP contribution is 2.36. The molecule has 24 heavy (non-hydrogen) atoms. The van der Waals surface area contributed by atoms with Gasteiger partial charge in [0.05, 0.1) is 0 Å². The number of ether oxygens (including phenoxy) is 1. The van der Waals surface area contributed by atoms with Gasteiger partial charge in [-0.05, 0) is 37.5 Å². The summed E-state index contributed by atoms with van der Waals surface area (Å²) in [6, 6.07) is 0. The molecule has 0 aliphatic heterocycles. The fourth-order valence-corrected chi connectivity index (χ4v) is 3.34. The van der Waals surface area contributed by atoms with Gasteiger partial charge in [0.15, 0.2) is 0 Å². The van der Waals surface area contributed by atoms with Gasteiger partial charge in [0, 0.05) is 12.8 Å². The molecule has 0 amide bonds. The Balaban J connectivity index is 4.51. The van der Waals surface area contributed by atoms with Gasteiger partial charge < -0.3 is 9.84 Å². The Labute approximate surface area is 148 Å². The van der Waals surface area contributed by atoms with E-state index in [4.69, 9.17) is 9.84 Å². The Morgan fingerprint density at radius 3 is 1.92 bits per heavy atom. The maximum absolute atomic E-state index is 12.3. The summed E-state index contributed by atoms with van der Waals surface area (Å²) in [5.74, 6) is -0.336. The second-order valence-electron chi connectivity index (χ2n) is 7.50. The van der Waals surface area contributed by atoms with Crippen LogP contribution in [0.1, 0.15) is 98.8 Å². The summed E-state index contributed by atoms with van der Waals surface area (Å²) in [4.78, 5) is 22.8. The molecule has 4 heteroatoms. The predicted molar refractivity (Wildman–Crippen MR) is 98.0 cm³/mol. The molecule has 0 aliphatic carbocycles. The van der Waals surface area contributed by atoms with E-state index in [9.17, 15) is 9.59 Å². The van der Waals surface area contributed by atoms with E-state index < -0.39 is 5.97 Å². The monoisotopic (exact) mass is 342 g/mol. The number of hydrogen-bond donors (Lipinski definition) is 1. The van der Waals surface area contributed by atoms with Gasteiger partial charge in [0.2, 0.25) is 0 Å². The topological polar surface area (TPSA) is 63.6 Å². The van der Waals surface area contributed by atoms with Crippen molar-refractivity contribution in [2.45, 2.75) is 104 Å². The van der Waals surface area contributed by atoms with Crippen LogP contribution in [0.25, 0.3) is 0 Å². The summed E-state index contributed by atoms with van der Waals surface area (Å²) in [5.41, 5.74) is -0.383. The maximum atomic E-state index is 12.3. The standard InChI is InChI=1S/C20H38O4/c1-6-7-8-12-15-20(16(2)3,17(4)5)24-19(23)14-11-9-10-13-18(21)22/h16-17H,6-15H2,1-5H3,(H,21,22). The molecule has 0 rings (SSSR count). The van der Waals surface area contributed by atoms with E-state index in [0.29, 0.717) is 19.3 Å². The molecule has 0 radical (unpaired) electrons. The molecule has 0 aliphatic rings. The van der Waals surface area contributed by atoms with Crippen molar-refractivity contribution in [3.63, 3.8) is 0 Å². The van der Waals surface area contributed by atoms with E-state index in [1.165, 1.54) is 19.3 Å². The molecular formula is C20H38O4. The molecule has 4 nitrogen and oxygen atoms in total. The van der Waals surface area contributed by atoms with Crippen molar-refractivity contribution in [1.82, 2.24) is 0 Å². The van der Waals surface area contributed by atoms with Gasteiger partial charge in [-0.15, -0.1) is 0 Å². The number of unbranched alkanes of at least 4 members (excludes halogenated alkanes) is 5. The van der Waals surface area contributed by atoms with Gasteiger partial charge in [-0.1, -0.05) is 60.3 Å². The summed E-state index contributed by atoms with van der Waals surface area (Å²) in [7, 11) is 0. The molecule has 0 unspecified atom stereocenters. The highest BCUT2D eigenvalue weighted by molar-refractivity contribution is 5.70. The van der Waals surface area contributed by atoms with Crippen LogP contribution in [0.2, 0.25) is 0 Å². The quantitative estimate of drug-likeness (QED) is 0.330. The smallest absolute Gasteiger partial charge is 0.306 e. The van der Waals surface area contributed by atoms with E-state index in [1.807, 2.05) is 0 Å². The molecular weight excluding hydrogens is 304 g/mol. The van der Waals surface area contributed by atoms with Gasteiger partial charge >= 0.3 is 11.9 Å². The molecule has 142 valence electrons. The van der Waals surface area contributed by atoms with Crippen LogP contribution in [0.5, 0.6) is 0 Å². The third-order valence-corrected chi connectivity index (χ3v) is 4.95. The van der Waals surface area contributed by atoms with Gasteiger partial charge in [0.25, 0.3) is 0 Å². The highest BCUT2D eigenvalue weighted by atomic mass is 16.6. The van der Waals surface area contributed by atoms with Crippen molar-refractivity contribution in [1.29, 1.82) is 0 Å². The van der Waals surface area contributed by atoms with Crippen molar-refractivity contribution in [3.8, 4) is 0 Å². The van der Waals surface area contributed by atoms with Gasteiger partial charge in [-0.25, -0.2) is 0 Å². The minimum atomic E-state index is -0.775. The minimum Gasteiger partial charge on any atom is -0.481 e. The van der Waals surface area contributed by atoms with Crippen LogP contribution in [-0.2, 0) is 14.3 Å². The Bertz CT molecular complexity index is 353. The fourth-order valence-electron chi connectivity index (χ4n) is 3.34. The molecule has 0 aromatic rings. The van der Waals surface area contributed by atoms with Crippen LogP contribution in [0, 0.1) is 11.8 Å². The van der Waals surface area contributed by atoms with Crippen LogP contribution in [0.4, 0.5) is 0 Å². The first-order valence-corrected chi connectivity index (χ1v) is 9.69. The number of carbonyl (C=O) groups is 2. The van der Waals surface area contributed by atoms with Crippen LogP contribution < -0.4 is 0 Å². The Morgan fingerprint density at radius 2 is 1.42 bits per heavy atom. The third kappa shape index (κ3) is 8.70. The number of hydrogen-bond acceptors (Lipinski definition) is 3. The number of carboxylic acids is 1. The zero-order chi connectivity index (χ0) is 18.6. The van der Waals surface area contributed by atoms with Crippen molar-refractivity contribution in [2.24, 2.45) is 11.8 Å². The van der Waals surface area contributed by atoms with Crippen LogP contribution >= 0.6 is 0 Å². The van der Waals surface area contributed by atoms with Crippen molar-refractivity contribution < 1.29 is 19.4 Å². The summed E-state index contributed by atoms with van der Waals surface area (Å²) in [5, 5.41) is 8.63. The SMILES string of the molecule is CCCCCCC(OC(=O)CCCCCC(=O)O)(C(C)C)C(C)C. The zero-order valence-corrected chi connectivity index (χ0v) is 16.4. The van der Waals surface area contributed by atoms with E-state index in [-0.39, 0.29) is 29.8 Å². The molecule has 0 saturated heterocycles. The Morgan fingerprint density at radius 1 is 0.875 bits per heavy atom. The minimum absolute atomic E-state index is 0.136. The number of aliphatic carboxylic acids is 1. The van der Waals surface area contributed by atoms with Crippen molar-refractivity contribution in [3.05, 3.63) is 0 Å². The third-order valence-electron chi connectivity index (χ3n) is 4.95. The molecule has 0 atom stereocenters. The van der Waals surface area contributed by atoms with Gasteiger partial charge in [-0.2, -0.15) is 0 Å². The molecule has 0 saturated carbocycles. The summed E-state index contributed by atoms with van der Waals surface area (Å²) >= 11 is 0. The lowest BCUT2D eigenvalue weighted by atomic mass is 9.76. The lowest BCUT2D eigenvalue weighted by Gasteiger charge is -2.41. The first-order valence-electron chi connectivity index (χ1n) is 9.69. The van der Waals surface area contributed by atoms with Crippen molar-refractivity contribution >= 4 is 11.9 Å². The predicted octanol–water partition coefficient (Wildman–Crippen LogP) is 5.59. The van der Waals surface area contributed by atoms with Crippen molar-refractivity contribution in [2.75, 3.05) is 0 Å². The highest BCUT2D eigenvalue weighted by Gasteiger charge is 2.40. The van der Waals surface area contributed by atoms with E-state index in [2.05, 4.69) is 34.6 Å². The fraction of sp³-hybridized carbons (Fsp3) is 0.900. The first kappa shape index (κ1) is 22.9. The average molecular weight is 343 g/mol. The average Bonchev–Trinajstić information content (AvgIpc) is 2.49. The van der Waals surface area contributed by atoms with Crippen LogP contribution in [0.15, 0.2) is 0 Å². The Kier molecular flexibility index (Phi) is 11.8. The number of esters is 1. The lowest BCUT2D eigenvalue weighted by molar-refractivity contribution is -0.174. The van der Waals surface area contributed by atoms with E-state index in [0.717, 1.165) is 19.3 Å². The largest absolute Gasteiger partial charge is 0.481 e. The number of rotatable bonds is 14. The summed E-state index contributed by atoms with van der Waals surface area (Å²) < 4.78 is 6.01. The first-order chi connectivity index (χ1) is 11.3. The maximum Gasteiger partial charge on any atom is 0.306 e. The second kappa shape index (κ2) is 12.3. The van der Waals surface area contributed by atoms with E-state index in [1.54, 1.807) is 0 Å². The Hall–Kier alpha value is -1.06. The van der Waals surface area contributed by atoms with Crippen LogP contribution in [0.3, 0.4) is 0 Å². The zero-order valence-electron chi connectivity index (χ0n) is 16.4. The number of carbonyl (C=O) groups excluding carboxylic acids is 1. The van der Waals surface area contributed by atoms with Crippen LogP contribution in [-0.4, -0.2) is 22.6 Å². The molecule has 0 bridgehead atoms.